The molecule has 0 bridgehead atoms. The molecule has 3 nitrogen and oxygen atoms in total. The van der Waals surface area contributed by atoms with Crippen molar-refractivity contribution < 1.29 is 4.74 Å². The molecule has 86 valence electrons. The molecule has 1 unspecified atom stereocenters. The van der Waals surface area contributed by atoms with Gasteiger partial charge in [0.05, 0.1) is 0 Å². The highest BCUT2D eigenvalue weighted by atomic mass is 16.5. The summed E-state index contributed by atoms with van der Waals surface area (Å²) >= 11 is 0. The van der Waals surface area contributed by atoms with Crippen LogP contribution in [0.2, 0.25) is 0 Å². The van der Waals surface area contributed by atoms with Crippen LogP contribution in [0.5, 0.6) is 0 Å². The second-order valence-electron chi connectivity index (χ2n) is 5.58. The van der Waals surface area contributed by atoms with E-state index < -0.39 is 0 Å². The minimum Gasteiger partial charge on any atom is -0.381 e. The average Bonchev–Trinajstić information content (AvgIpc) is 2.70. The Bertz CT molecular complexity index is 212. The molecule has 3 saturated heterocycles. The quantitative estimate of drug-likeness (QED) is 0.731. The molecule has 1 atom stereocenters. The van der Waals surface area contributed by atoms with Crippen LogP contribution in [0.3, 0.4) is 0 Å². The molecule has 0 radical (unpaired) electrons. The molecule has 15 heavy (non-hydrogen) atoms. The maximum absolute atomic E-state index is 5.44. The van der Waals surface area contributed by atoms with Gasteiger partial charge in [0.15, 0.2) is 0 Å². The number of ether oxygens (including phenoxy) is 1. The van der Waals surface area contributed by atoms with Crippen LogP contribution in [0.15, 0.2) is 0 Å². The Kier molecular flexibility index (Phi) is 2.71. The fraction of sp³-hybridized carbons (Fsp3) is 1.00. The van der Waals surface area contributed by atoms with E-state index in [-0.39, 0.29) is 0 Å². The Morgan fingerprint density at radius 1 is 1.27 bits per heavy atom. The third kappa shape index (κ3) is 2.05. The Balaban J connectivity index is 1.44. The third-order valence-corrected chi connectivity index (χ3v) is 4.31. The van der Waals surface area contributed by atoms with Crippen molar-refractivity contribution in [3.05, 3.63) is 0 Å². The third-order valence-electron chi connectivity index (χ3n) is 4.31. The van der Waals surface area contributed by atoms with E-state index in [1.54, 1.807) is 0 Å². The van der Waals surface area contributed by atoms with Gasteiger partial charge in [-0.05, 0) is 32.2 Å². The van der Waals surface area contributed by atoms with Gasteiger partial charge in [-0.2, -0.15) is 0 Å². The summed E-state index contributed by atoms with van der Waals surface area (Å²) in [6.07, 6.45) is 5.34. The van der Waals surface area contributed by atoms with Crippen LogP contribution in [0.25, 0.3) is 0 Å². The minimum atomic E-state index is 0.650. The predicted octanol–water partition coefficient (Wildman–Crippen LogP) is 0.851. The number of nitrogens with zero attached hydrogens (tertiary/aromatic N) is 1. The molecule has 0 saturated carbocycles. The normalized spacial score (nSPS) is 35.6. The summed E-state index contributed by atoms with van der Waals surface area (Å²) in [5, 5.41) is 3.58. The van der Waals surface area contributed by atoms with E-state index >= 15 is 0 Å². The van der Waals surface area contributed by atoms with Crippen LogP contribution in [-0.4, -0.2) is 50.3 Å². The van der Waals surface area contributed by atoms with Crippen molar-refractivity contribution in [1.29, 1.82) is 0 Å². The van der Waals surface area contributed by atoms with E-state index in [4.69, 9.17) is 4.74 Å². The lowest BCUT2D eigenvalue weighted by Crippen LogP contribution is -2.60. The molecule has 3 fully saturated rings. The van der Waals surface area contributed by atoms with E-state index in [9.17, 15) is 0 Å². The van der Waals surface area contributed by atoms with Gasteiger partial charge in [-0.3, -0.25) is 0 Å². The van der Waals surface area contributed by atoms with Crippen LogP contribution >= 0.6 is 0 Å². The summed E-state index contributed by atoms with van der Waals surface area (Å²) in [5.74, 6) is 0. The fourth-order valence-electron chi connectivity index (χ4n) is 3.38. The first-order valence-corrected chi connectivity index (χ1v) is 6.40. The molecule has 3 heteroatoms. The van der Waals surface area contributed by atoms with Gasteiger partial charge in [-0.25, -0.2) is 0 Å². The number of hydrogen-bond acceptors (Lipinski definition) is 3. The summed E-state index contributed by atoms with van der Waals surface area (Å²) in [6, 6.07) is 0.780. The van der Waals surface area contributed by atoms with Crippen molar-refractivity contribution in [3.63, 3.8) is 0 Å². The average molecular weight is 210 g/mol. The minimum absolute atomic E-state index is 0.650. The van der Waals surface area contributed by atoms with Crippen molar-refractivity contribution >= 4 is 0 Å². The molecule has 0 amide bonds. The number of likely N-dealkylation sites (tertiary alicyclic amines) is 1. The Morgan fingerprint density at radius 3 is 2.73 bits per heavy atom. The summed E-state index contributed by atoms with van der Waals surface area (Å²) in [4.78, 5) is 2.63. The van der Waals surface area contributed by atoms with Crippen molar-refractivity contribution in [2.45, 2.75) is 31.7 Å². The topological polar surface area (TPSA) is 24.5 Å². The molecule has 3 heterocycles. The molecule has 1 N–H and O–H groups in total. The van der Waals surface area contributed by atoms with Gasteiger partial charge < -0.3 is 15.0 Å². The van der Waals surface area contributed by atoms with Gasteiger partial charge in [-0.1, -0.05) is 0 Å². The monoisotopic (exact) mass is 210 g/mol. The van der Waals surface area contributed by atoms with Gasteiger partial charge in [0.25, 0.3) is 0 Å². The van der Waals surface area contributed by atoms with Crippen LogP contribution in [0, 0.1) is 5.41 Å². The molecule has 0 aliphatic carbocycles. The van der Waals surface area contributed by atoms with Crippen LogP contribution in [0.1, 0.15) is 25.7 Å². The molecule has 3 rings (SSSR count). The summed E-state index contributed by atoms with van der Waals surface area (Å²) in [7, 11) is 0. The first-order valence-electron chi connectivity index (χ1n) is 6.40. The van der Waals surface area contributed by atoms with Crippen molar-refractivity contribution in [1.82, 2.24) is 10.2 Å². The molecular weight excluding hydrogens is 188 g/mol. The highest BCUT2D eigenvalue weighted by molar-refractivity contribution is 4.97. The first-order chi connectivity index (χ1) is 7.36. The lowest BCUT2D eigenvalue weighted by Gasteiger charge is -2.53. The van der Waals surface area contributed by atoms with Crippen LogP contribution in [0.4, 0.5) is 0 Å². The summed E-state index contributed by atoms with van der Waals surface area (Å²) < 4.78 is 5.44. The maximum Gasteiger partial charge on any atom is 0.0472 e. The molecule has 1 spiro atoms. The standard InChI is InChI=1S/C12H22N2O/c1-2-11(13-5-1)8-14-9-12(10-14)3-6-15-7-4-12/h11,13H,1-10H2. The summed E-state index contributed by atoms with van der Waals surface area (Å²) in [5.41, 5.74) is 0.650. The first kappa shape index (κ1) is 10.1. The molecule has 3 aliphatic rings. The largest absolute Gasteiger partial charge is 0.381 e. The zero-order chi connectivity index (χ0) is 10.1. The molecule has 0 aromatic heterocycles. The van der Waals surface area contributed by atoms with E-state index in [1.165, 1.54) is 51.9 Å². The zero-order valence-electron chi connectivity index (χ0n) is 9.50. The van der Waals surface area contributed by atoms with Crippen molar-refractivity contribution in [3.8, 4) is 0 Å². The van der Waals surface area contributed by atoms with Gasteiger partial charge in [-0.15, -0.1) is 0 Å². The smallest absolute Gasteiger partial charge is 0.0472 e. The lowest BCUT2D eigenvalue weighted by molar-refractivity contribution is -0.0823. The van der Waals surface area contributed by atoms with E-state index in [1.807, 2.05) is 0 Å². The summed E-state index contributed by atoms with van der Waals surface area (Å²) in [6.45, 7) is 7.16. The van der Waals surface area contributed by atoms with Gasteiger partial charge >= 0.3 is 0 Å². The Morgan fingerprint density at radius 2 is 2.07 bits per heavy atom. The molecule has 0 aromatic rings. The van der Waals surface area contributed by atoms with Gasteiger partial charge in [0, 0.05) is 44.3 Å². The van der Waals surface area contributed by atoms with Gasteiger partial charge in [0.1, 0.15) is 0 Å². The highest BCUT2D eigenvalue weighted by Gasteiger charge is 2.44. The second-order valence-corrected chi connectivity index (χ2v) is 5.58. The SMILES string of the molecule is C1CNC(CN2CC3(CCOCC3)C2)C1. The fourth-order valence-corrected chi connectivity index (χ4v) is 3.38. The zero-order valence-corrected chi connectivity index (χ0v) is 9.50. The number of rotatable bonds is 2. The number of nitrogens with one attached hydrogen (secondary N) is 1. The highest BCUT2D eigenvalue weighted by Crippen LogP contribution is 2.39. The number of hydrogen-bond donors (Lipinski definition) is 1. The Labute approximate surface area is 92.2 Å². The second kappa shape index (κ2) is 4.04. The maximum atomic E-state index is 5.44. The molecule has 0 aromatic carbocycles. The van der Waals surface area contributed by atoms with Crippen LogP contribution < -0.4 is 5.32 Å². The van der Waals surface area contributed by atoms with E-state index in [2.05, 4.69) is 10.2 Å². The molecule has 3 aliphatic heterocycles. The predicted molar refractivity (Wildman–Crippen MR) is 60.0 cm³/mol. The van der Waals surface area contributed by atoms with Crippen molar-refractivity contribution in [2.75, 3.05) is 39.4 Å². The van der Waals surface area contributed by atoms with Crippen molar-refractivity contribution in [2.24, 2.45) is 5.41 Å². The molecular formula is C12H22N2O. The van der Waals surface area contributed by atoms with Crippen LogP contribution in [-0.2, 0) is 4.74 Å². The lowest BCUT2D eigenvalue weighted by atomic mass is 9.73. The Hall–Kier alpha value is -0.120. The van der Waals surface area contributed by atoms with Gasteiger partial charge in [0.2, 0.25) is 0 Å². The van der Waals surface area contributed by atoms with E-state index in [0.29, 0.717) is 5.41 Å². The van der Waals surface area contributed by atoms with E-state index in [0.717, 1.165) is 19.3 Å².